The average molecular weight is 388 g/mol. The summed E-state index contributed by atoms with van der Waals surface area (Å²) in [6, 6.07) is 8.99. The number of aromatic hydroxyl groups is 3. The van der Waals surface area contributed by atoms with Crippen LogP contribution in [0, 0.1) is 0 Å². The number of ether oxygens (including phenoxy) is 2. The zero-order valence-electron chi connectivity index (χ0n) is 15.8. The van der Waals surface area contributed by atoms with Crippen LogP contribution in [0.2, 0.25) is 0 Å². The number of phenolic OH excluding ortho intramolecular Hbond substituents is 3. The van der Waals surface area contributed by atoms with Crippen LogP contribution in [0.25, 0.3) is 0 Å². The van der Waals surface area contributed by atoms with Crippen LogP contribution >= 0.6 is 0 Å². The molecule has 28 heavy (non-hydrogen) atoms. The van der Waals surface area contributed by atoms with Crippen LogP contribution in [-0.2, 0) is 4.74 Å². The fourth-order valence-electron chi connectivity index (χ4n) is 2.81. The summed E-state index contributed by atoms with van der Waals surface area (Å²) in [4.78, 5) is 22.2. The third-order valence-electron chi connectivity index (χ3n) is 4.13. The first kappa shape index (κ1) is 21.2. The molecular weight excluding hydrogens is 364 g/mol. The van der Waals surface area contributed by atoms with E-state index < -0.39 is 0 Å². The Balaban J connectivity index is 0.000000221. The molecule has 0 radical (unpaired) electrons. The number of phenols is 3. The molecule has 0 bridgehead atoms. The van der Waals surface area contributed by atoms with Crippen LogP contribution in [0.5, 0.6) is 23.0 Å². The van der Waals surface area contributed by atoms with Gasteiger partial charge in [0, 0.05) is 6.42 Å². The van der Waals surface area contributed by atoms with E-state index in [2.05, 4.69) is 0 Å². The molecule has 2 aromatic carbocycles. The molecule has 0 spiro atoms. The molecule has 1 heterocycles. The van der Waals surface area contributed by atoms with Gasteiger partial charge in [-0.2, -0.15) is 0 Å². The predicted octanol–water partition coefficient (Wildman–Crippen LogP) is 3.80. The number of hydrogen-bond acceptors (Lipinski definition) is 7. The van der Waals surface area contributed by atoms with Crippen LogP contribution in [0.3, 0.4) is 0 Å². The van der Waals surface area contributed by atoms with E-state index in [1.165, 1.54) is 38.1 Å². The zero-order chi connectivity index (χ0) is 20.7. The first-order chi connectivity index (χ1) is 13.3. The van der Waals surface area contributed by atoms with E-state index >= 15 is 0 Å². The van der Waals surface area contributed by atoms with Crippen molar-refractivity contribution >= 4 is 11.6 Å². The summed E-state index contributed by atoms with van der Waals surface area (Å²) < 4.78 is 11.1. The third-order valence-corrected chi connectivity index (χ3v) is 4.13. The largest absolute Gasteiger partial charge is 0.507 e. The maximum absolute atomic E-state index is 11.4. The zero-order valence-corrected chi connectivity index (χ0v) is 15.8. The summed E-state index contributed by atoms with van der Waals surface area (Å²) in [5, 5.41) is 27.8. The minimum absolute atomic E-state index is 0.0208. The van der Waals surface area contributed by atoms with Gasteiger partial charge in [-0.3, -0.25) is 9.59 Å². The van der Waals surface area contributed by atoms with E-state index in [-0.39, 0.29) is 46.2 Å². The van der Waals surface area contributed by atoms with Gasteiger partial charge in [-0.25, -0.2) is 0 Å². The van der Waals surface area contributed by atoms with Gasteiger partial charge >= 0.3 is 0 Å². The van der Waals surface area contributed by atoms with E-state index in [1.807, 2.05) is 0 Å². The van der Waals surface area contributed by atoms with E-state index in [0.717, 1.165) is 19.3 Å². The second-order valence-corrected chi connectivity index (χ2v) is 6.35. The monoisotopic (exact) mass is 388 g/mol. The molecule has 1 unspecified atom stereocenters. The molecule has 3 N–H and O–H groups in total. The van der Waals surface area contributed by atoms with Gasteiger partial charge in [-0.1, -0.05) is 12.1 Å². The van der Waals surface area contributed by atoms with Crippen molar-refractivity contribution in [2.75, 3.05) is 6.61 Å². The van der Waals surface area contributed by atoms with Gasteiger partial charge in [0.2, 0.25) is 0 Å². The van der Waals surface area contributed by atoms with E-state index in [9.17, 15) is 14.7 Å². The molecule has 1 saturated heterocycles. The van der Waals surface area contributed by atoms with Gasteiger partial charge < -0.3 is 24.8 Å². The molecule has 7 nitrogen and oxygen atoms in total. The van der Waals surface area contributed by atoms with Crippen molar-refractivity contribution in [2.24, 2.45) is 0 Å². The Morgan fingerprint density at radius 1 is 0.893 bits per heavy atom. The molecule has 1 fully saturated rings. The quantitative estimate of drug-likeness (QED) is 0.683. The Labute approximate surface area is 163 Å². The van der Waals surface area contributed by atoms with Gasteiger partial charge in [0.05, 0.1) is 6.61 Å². The van der Waals surface area contributed by atoms with Crippen molar-refractivity contribution in [3.05, 3.63) is 47.5 Å². The molecule has 2 aromatic rings. The minimum Gasteiger partial charge on any atom is -0.507 e. The van der Waals surface area contributed by atoms with E-state index in [4.69, 9.17) is 19.7 Å². The molecule has 0 aromatic heterocycles. The molecule has 1 aliphatic heterocycles. The smallest absolute Gasteiger partial charge is 0.199 e. The number of rotatable bonds is 4. The summed E-state index contributed by atoms with van der Waals surface area (Å²) in [6.07, 6.45) is 2.59. The Hall–Kier alpha value is -3.06. The summed E-state index contributed by atoms with van der Waals surface area (Å²) in [5.74, 6) is -0.584. The number of benzene rings is 2. The van der Waals surface area contributed by atoms with Crippen LogP contribution in [0.4, 0.5) is 0 Å². The second kappa shape index (κ2) is 9.75. The van der Waals surface area contributed by atoms with Gasteiger partial charge in [-0.15, -0.1) is 0 Å². The molecule has 1 atom stereocenters. The number of hydrogen-bond donors (Lipinski definition) is 3. The van der Waals surface area contributed by atoms with Crippen LogP contribution in [0.15, 0.2) is 36.4 Å². The highest BCUT2D eigenvalue weighted by Crippen LogP contribution is 2.30. The Bertz CT molecular complexity index is 818. The first-order valence-corrected chi connectivity index (χ1v) is 8.94. The normalized spacial score (nSPS) is 15.9. The Morgan fingerprint density at radius 3 is 1.89 bits per heavy atom. The van der Waals surface area contributed by atoms with Gasteiger partial charge in [0.15, 0.2) is 17.9 Å². The fraction of sp³-hybridized carbons (Fsp3) is 0.333. The standard InChI is InChI=1S/C13H16O4.C8H8O3/c1-9(14)13-10(15)5-4-6-11(13)17-12-7-2-3-8-16-12;1-5(9)8-6(10)3-2-4-7(8)11/h4-6,12,15H,2-3,7-8H2,1H3;2-4,10-11H,1H3. The lowest BCUT2D eigenvalue weighted by Crippen LogP contribution is -2.25. The van der Waals surface area contributed by atoms with E-state index in [0.29, 0.717) is 12.4 Å². The summed E-state index contributed by atoms with van der Waals surface area (Å²) in [7, 11) is 0. The van der Waals surface area contributed by atoms with Crippen molar-refractivity contribution in [1.82, 2.24) is 0 Å². The average Bonchev–Trinajstić information content (AvgIpc) is 2.62. The number of carbonyl (C=O) groups excluding carboxylic acids is 2. The van der Waals surface area contributed by atoms with Gasteiger partial charge in [-0.05, 0) is 51.0 Å². The van der Waals surface area contributed by atoms with Crippen molar-refractivity contribution in [2.45, 2.75) is 39.4 Å². The summed E-state index contributed by atoms with van der Waals surface area (Å²) >= 11 is 0. The van der Waals surface area contributed by atoms with Crippen molar-refractivity contribution in [3.63, 3.8) is 0 Å². The topological polar surface area (TPSA) is 113 Å². The minimum atomic E-state index is -0.347. The molecule has 7 heteroatoms. The fourth-order valence-corrected chi connectivity index (χ4v) is 2.81. The number of Topliss-reactive ketones (excluding diaryl/α,β-unsaturated/α-hetero) is 2. The SMILES string of the molecule is CC(=O)c1c(O)cccc1O.CC(=O)c1c(O)cccc1OC1CCCCO1. The van der Waals surface area contributed by atoms with Gasteiger partial charge in [0.25, 0.3) is 0 Å². The highest BCUT2D eigenvalue weighted by Gasteiger charge is 2.20. The lowest BCUT2D eigenvalue weighted by molar-refractivity contribution is -0.106. The maximum atomic E-state index is 11.4. The van der Waals surface area contributed by atoms with Crippen LogP contribution in [0.1, 0.15) is 53.8 Å². The molecule has 150 valence electrons. The lowest BCUT2D eigenvalue weighted by atomic mass is 10.1. The van der Waals surface area contributed by atoms with Crippen molar-refractivity contribution < 1.29 is 34.4 Å². The third kappa shape index (κ3) is 5.47. The summed E-state index contributed by atoms with van der Waals surface area (Å²) in [6.45, 7) is 3.37. The highest BCUT2D eigenvalue weighted by atomic mass is 16.7. The van der Waals surface area contributed by atoms with E-state index in [1.54, 1.807) is 12.1 Å². The van der Waals surface area contributed by atoms with Crippen molar-refractivity contribution in [1.29, 1.82) is 0 Å². The molecule has 0 amide bonds. The lowest BCUT2D eigenvalue weighted by Gasteiger charge is -2.24. The second-order valence-electron chi connectivity index (χ2n) is 6.35. The molecule has 1 aliphatic rings. The van der Waals surface area contributed by atoms with Crippen LogP contribution < -0.4 is 4.74 Å². The highest BCUT2D eigenvalue weighted by molar-refractivity contribution is 5.99. The number of ketones is 2. The molecular formula is C21H24O7. The first-order valence-electron chi connectivity index (χ1n) is 8.94. The maximum Gasteiger partial charge on any atom is 0.199 e. The summed E-state index contributed by atoms with van der Waals surface area (Å²) in [5.41, 5.74) is 0.203. The van der Waals surface area contributed by atoms with Gasteiger partial charge in [0.1, 0.15) is 34.1 Å². The number of carbonyl (C=O) groups is 2. The Kier molecular flexibility index (Phi) is 7.40. The molecule has 3 rings (SSSR count). The molecule has 0 aliphatic carbocycles. The molecule has 0 saturated carbocycles. The Morgan fingerprint density at radius 2 is 1.43 bits per heavy atom. The van der Waals surface area contributed by atoms with Crippen LogP contribution in [-0.4, -0.2) is 39.8 Å². The van der Waals surface area contributed by atoms with Crippen molar-refractivity contribution in [3.8, 4) is 23.0 Å². The predicted molar refractivity (Wildman–Crippen MR) is 102 cm³/mol.